The lowest BCUT2D eigenvalue weighted by Crippen LogP contribution is -2.34. The molecule has 1 N–H and O–H groups in total. The molecule has 0 radical (unpaired) electrons. The van der Waals surface area contributed by atoms with Crippen LogP contribution >= 0.6 is 0 Å². The second-order valence-electron chi connectivity index (χ2n) is 5.43. The van der Waals surface area contributed by atoms with Gasteiger partial charge in [0.05, 0.1) is 5.69 Å². The van der Waals surface area contributed by atoms with E-state index in [-0.39, 0.29) is 0 Å². The molecule has 0 amide bonds. The Bertz CT molecular complexity index is 330. The van der Waals surface area contributed by atoms with Crippen molar-refractivity contribution in [3.8, 4) is 0 Å². The largest absolute Gasteiger partial charge is 0.314 e. The number of nitrogens with one attached hydrogen (secondary N) is 1. The Morgan fingerprint density at radius 2 is 2.11 bits per heavy atom. The number of likely N-dealkylation sites (N-methyl/N-ethyl adjacent to an activating group) is 1. The van der Waals surface area contributed by atoms with Crippen LogP contribution in [0, 0.1) is 0 Å². The maximum Gasteiger partial charge on any atom is 0.0640 e. The van der Waals surface area contributed by atoms with Crippen LogP contribution in [0.25, 0.3) is 0 Å². The third-order valence-corrected chi connectivity index (χ3v) is 3.07. The molecule has 1 aromatic heterocycles. The van der Waals surface area contributed by atoms with Crippen molar-refractivity contribution in [3.63, 3.8) is 0 Å². The Balaban J connectivity index is 2.52. The smallest absolute Gasteiger partial charge is 0.0640 e. The summed E-state index contributed by atoms with van der Waals surface area (Å²) in [6, 6.07) is 3.10. The van der Waals surface area contributed by atoms with E-state index < -0.39 is 0 Å². The first-order valence-electron chi connectivity index (χ1n) is 6.95. The fourth-order valence-electron chi connectivity index (χ4n) is 2.01. The summed E-state index contributed by atoms with van der Waals surface area (Å²) in [4.78, 5) is 2.23. The van der Waals surface area contributed by atoms with E-state index >= 15 is 0 Å². The average molecular weight is 252 g/mol. The van der Waals surface area contributed by atoms with Gasteiger partial charge in [0, 0.05) is 24.7 Å². The first kappa shape index (κ1) is 15.2. The molecule has 18 heavy (non-hydrogen) atoms. The summed E-state index contributed by atoms with van der Waals surface area (Å²) in [6.45, 7) is 8.61. The van der Waals surface area contributed by atoms with Crippen molar-refractivity contribution in [1.82, 2.24) is 20.0 Å². The van der Waals surface area contributed by atoms with E-state index in [1.807, 2.05) is 4.68 Å². The Kier molecular flexibility index (Phi) is 6.36. The van der Waals surface area contributed by atoms with Crippen LogP contribution in [-0.2, 0) is 6.42 Å². The molecule has 0 bridgehead atoms. The molecule has 0 aliphatic rings. The Morgan fingerprint density at radius 3 is 2.61 bits per heavy atom. The zero-order valence-electron chi connectivity index (χ0n) is 12.5. The van der Waals surface area contributed by atoms with Gasteiger partial charge in [-0.1, -0.05) is 6.92 Å². The van der Waals surface area contributed by atoms with E-state index in [1.54, 1.807) is 0 Å². The molecule has 0 aliphatic carbocycles. The van der Waals surface area contributed by atoms with Crippen molar-refractivity contribution in [2.75, 3.05) is 27.2 Å². The Hall–Kier alpha value is -0.870. The molecular weight excluding hydrogens is 224 g/mol. The number of hydrogen-bond donors (Lipinski definition) is 1. The molecule has 1 aromatic rings. The third-order valence-electron chi connectivity index (χ3n) is 3.07. The Morgan fingerprint density at radius 1 is 1.39 bits per heavy atom. The first-order valence-corrected chi connectivity index (χ1v) is 6.95. The molecule has 0 fully saturated rings. The minimum Gasteiger partial charge on any atom is -0.314 e. The van der Waals surface area contributed by atoms with Gasteiger partial charge in [0.2, 0.25) is 0 Å². The minimum atomic E-state index is 0.443. The summed E-state index contributed by atoms with van der Waals surface area (Å²) in [7, 11) is 4.24. The topological polar surface area (TPSA) is 33.1 Å². The highest BCUT2D eigenvalue weighted by molar-refractivity contribution is 5.02. The summed E-state index contributed by atoms with van der Waals surface area (Å²) in [5.41, 5.74) is 1.19. The highest BCUT2D eigenvalue weighted by atomic mass is 15.3. The van der Waals surface area contributed by atoms with Crippen LogP contribution in [0.2, 0.25) is 0 Å². The van der Waals surface area contributed by atoms with Crippen molar-refractivity contribution in [2.45, 2.75) is 45.7 Å². The van der Waals surface area contributed by atoms with Crippen LogP contribution in [0.4, 0.5) is 0 Å². The second-order valence-corrected chi connectivity index (χ2v) is 5.43. The molecule has 0 aliphatic heterocycles. The molecule has 0 spiro atoms. The van der Waals surface area contributed by atoms with Gasteiger partial charge >= 0.3 is 0 Å². The molecule has 1 rings (SSSR count). The van der Waals surface area contributed by atoms with Crippen LogP contribution in [0.3, 0.4) is 0 Å². The van der Waals surface area contributed by atoms with E-state index in [4.69, 9.17) is 0 Å². The first-order chi connectivity index (χ1) is 8.52. The highest BCUT2D eigenvalue weighted by Gasteiger charge is 2.11. The maximum absolute atomic E-state index is 4.62. The monoisotopic (exact) mass is 252 g/mol. The highest BCUT2D eigenvalue weighted by Crippen LogP contribution is 2.08. The van der Waals surface area contributed by atoms with Gasteiger partial charge in [-0.2, -0.15) is 5.10 Å². The molecule has 1 atom stereocenters. The summed E-state index contributed by atoms with van der Waals surface area (Å²) in [5.74, 6) is 0. The quantitative estimate of drug-likeness (QED) is 0.767. The summed E-state index contributed by atoms with van der Waals surface area (Å²) >= 11 is 0. The van der Waals surface area contributed by atoms with Crippen molar-refractivity contribution in [3.05, 3.63) is 18.0 Å². The predicted molar refractivity (Wildman–Crippen MR) is 77.0 cm³/mol. The van der Waals surface area contributed by atoms with Crippen LogP contribution in [-0.4, -0.2) is 47.9 Å². The van der Waals surface area contributed by atoms with Gasteiger partial charge in [-0.25, -0.2) is 0 Å². The SMILES string of the molecule is CCNC(CCN(C)C)Cc1ccn(C(C)C)n1. The van der Waals surface area contributed by atoms with Gasteiger partial charge in [-0.15, -0.1) is 0 Å². The third kappa shape index (κ3) is 5.19. The zero-order chi connectivity index (χ0) is 13.5. The molecule has 1 unspecified atom stereocenters. The van der Waals surface area contributed by atoms with E-state index in [9.17, 15) is 0 Å². The number of hydrogen-bond acceptors (Lipinski definition) is 3. The fourth-order valence-corrected chi connectivity index (χ4v) is 2.01. The molecular formula is C14H28N4. The second kappa shape index (κ2) is 7.54. The van der Waals surface area contributed by atoms with Crippen molar-refractivity contribution >= 4 is 0 Å². The summed E-state index contributed by atoms with van der Waals surface area (Å²) in [6.07, 6.45) is 4.26. The minimum absolute atomic E-state index is 0.443. The van der Waals surface area contributed by atoms with Crippen molar-refractivity contribution < 1.29 is 0 Å². The van der Waals surface area contributed by atoms with E-state index in [0.29, 0.717) is 12.1 Å². The number of aromatic nitrogens is 2. The van der Waals surface area contributed by atoms with E-state index in [2.05, 4.69) is 62.4 Å². The Labute approximate surface area is 111 Å². The van der Waals surface area contributed by atoms with Gasteiger partial charge in [0.15, 0.2) is 0 Å². The molecule has 104 valence electrons. The van der Waals surface area contributed by atoms with Gasteiger partial charge < -0.3 is 10.2 Å². The molecule has 0 saturated carbocycles. The van der Waals surface area contributed by atoms with E-state index in [1.165, 1.54) is 5.69 Å². The van der Waals surface area contributed by atoms with Crippen LogP contribution in [0.5, 0.6) is 0 Å². The van der Waals surface area contributed by atoms with Crippen molar-refractivity contribution in [2.24, 2.45) is 0 Å². The lowest BCUT2D eigenvalue weighted by atomic mass is 10.1. The predicted octanol–water partition coefficient (Wildman–Crippen LogP) is 1.94. The van der Waals surface area contributed by atoms with Crippen LogP contribution in [0.1, 0.15) is 38.9 Å². The van der Waals surface area contributed by atoms with Gasteiger partial charge in [-0.3, -0.25) is 4.68 Å². The molecule has 4 nitrogen and oxygen atoms in total. The van der Waals surface area contributed by atoms with Gasteiger partial charge in [0.25, 0.3) is 0 Å². The van der Waals surface area contributed by atoms with Gasteiger partial charge in [0.1, 0.15) is 0 Å². The summed E-state index contributed by atoms with van der Waals surface area (Å²) < 4.78 is 2.03. The molecule has 1 heterocycles. The zero-order valence-corrected chi connectivity index (χ0v) is 12.5. The lowest BCUT2D eigenvalue weighted by Gasteiger charge is -2.19. The normalized spacial score (nSPS) is 13.5. The van der Waals surface area contributed by atoms with Crippen molar-refractivity contribution in [1.29, 1.82) is 0 Å². The van der Waals surface area contributed by atoms with Crippen LogP contribution < -0.4 is 5.32 Å². The number of nitrogens with zero attached hydrogens (tertiary/aromatic N) is 3. The number of rotatable bonds is 8. The van der Waals surface area contributed by atoms with Crippen LogP contribution in [0.15, 0.2) is 12.3 Å². The lowest BCUT2D eigenvalue weighted by molar-refractivity contribution is 0.357. The average Bonchev–Trinajstić information content (AvgIpc) is 2.75. The molecule has 4 heteroatoms. The molecule has 0 aromatic carbocycles. The fraction of sp³-hybridized carbons (Fsp3) is 0.786. The van der Waals surface area contributed by atoms with Gasteiger partial charge in [-0.05, 0) is 53.5 Å². The standard InChI is InChI=1S/C14H28N4/c1-6-15-13(7-9-17(4)5)11-14-8-10-18(16-14)12(2)3/h8,10,12-13,15H,6-7,9,11H2,1-5H3. The maximum atomic E-state index is 4.62. The molecule has 0 saturated heterocycles. The van der Waals surface area contributed by atoms with E-state index in [0.717, 1.165) is 25.9 Å². The summed E-state index contributed by atoms with van der Waals surface area (Å²) in [5, 5.41) is 8.17.